The number of amides is 3. The number of aryl methyl sites for hydroxylation is 1. The van der Waals surface area contributed by atoms with Crippen LogP contribution in [0.5, 0.6) is 0 Å². The van der Waals surface area contributed by atoms with Crippen LogP contribution in [0, 0.1) is 0 Å². The summed E-state index contributed by atoms with van der Waals surface area (Å²) in [7, 11) is 3.39. The zero-order chi connectivity index (χ0) is 21.0. The first-order chi connectivity index (χ1) is 13.9. The topological polar surface area (TPSA) is 69.7 Å². The van der Waals surface area contributed by atoms with Crippen molar-refractivity contribution >= 4 is 29.1 Å². The van der Waals surface area contributed by atoms with Crippen molar-refractivity contribution in [3.8, 4) is 0 Å². The molecule has 0 aliphatic carbocycles. The zero-order valence-corrected chi connectivity index (χ0v) is 17.1. The minimum atomic E-state index is -0.613. The Kier molecular flexibility index (Phi) is 6.32. The van der Waals surface area contributed by atoms with Crippen LogP contribution in [0.1, 0.15) is 42.1 Å². The van der Waals surface area contributed by atoms with Gasteiger partial charge in [-0.05, 0) is 54.8 Å². The molecule has 0 unspecified atom stereocenters. The van der Waals surface area contributed by atoms with Crippen LogP contribution in [0.25, 0.3) is 0 Å². The minimum Gasteiger partial charge on any atom is -0.373 e. The minimum absolute atomic E-state index is 0.0859. The second-order valence-electron chi connectivity index (χ2n) is 7.52. The van der Waals surface area contributed by atoms with Crippen molar-refractivity contribution in [2.45, 2.75) is 38.6 Å². The maximum absolute atomic E-state index is 12.8. The van der Waals surface area contributed by atoms with Crippen molar-refractivity contribution in [2.24, 2.45) is 0 Å². The first kappa shape index (κ1) is 20.6. The Labute approximate surface area is 171 Å². The van der Waals surface area contributed by atoms with E-state index in [1.54, 1.807) is 38.4 Å². The van der Waals surface area contributed by atoms with Crippen molar-refractivity contribution < 1.29 is 14.4 Å². The van der Waals surface area contributed by atoms with Crippen LogP contribution in [0.15, 0.2) is 48.5 Å². The summed E-state index contributed by atoms with van der Waals surface area (Å²) in [4.78, 5) is 40.0. The molecule has 3 amide bonds. The third kappa shape index (κ3) is 4.65. The van der Waals surface area contributed by atoms with Gasteiger partial charge in [0.2, 0.25) is 5.91 Å². The van der Waals surface area contributed by atoms with E-state index in [1.165, 1.54) is 15.4 Å². The van der Waals surface area contributed by atoms with Crippen LogP contribution in [0.2, 0.25) is 0 Å². The molecule has 0 saturated carbocycles. The van der Waals surface area contributed by atoms with E-state index in [2.05, 4.69) is 12.2 Å². The molecule has 152 valence electrons. The van der Waals surface area contributed by atoms with Crippen molar-refractivity contribution in [3.63, 3.8) is 0 Å². The Bertz CT molecular complexity index is 889. The SMILES string of the molecule is CCCCc1ccc(N2C(=O)C[C@@H](Nc3ccc(C(=O)N(C)C)cc3)C2=O)cc1. The number of carbonyl (C=O) groups is 3. The fourth-order valence-corrected chi connectivity index (χ4v) is 3.38. The van der Waals surface area contributed by atoms with Crippen LogP contribution in [-0.4, -0.2) is 42.8 Å². The van der Waals surface area contributed by atoms with Gasteiger partial charge in [-0.15, -0.1) is 0 Å². The van der Waals surface area contributed by atoms with Crippen molar-refractivity contribution in [3.05, 3.63) is 59.7 Å². The fraction of sp³-hybridized carbons (Fsp3) is 0.348. The smallest absolute Gasteiger partial charge is 0.256 e. The number of carbonyl (C=O) groups excluding carboxylic acids is 3. The summed E-state index contributed by atoms with van der Waals surface area (Å²) >= 11 is 0. The van der Waals surface area contributed by atoms with E-state index in [9.17, 15) is 14.4 Å². The standard InChI is InChI=1S/C23H27N3O3/c1-4-5-6-16-7-13-19(14-8-16)26-21(27)15-20(23(26)29)24-18-11-9-17(10-12-18)22(28)25(2)3/h7-14,20,24H,4-6,15H2,1-3H3/t20-/m1/s1. The zero-order valence-electron chi connectivity index (χ0n) is 17.1. The van der Waals surface area contributed by atoms with Gasteiger partial charge < -0.3 is 10.2 Å². The van der Waals surface area contributed by atoms with Crippen molar-refractivity contribution in [1.29, 1.82) is 0 Å². The van der Waals surface area contributed by atoms with Crippen LogP contribution in [-0.2, 0) is 16.0 Å². The lowest BCUT2D eigenvalue weighted by Gasteiger charge is -2.17. The van der Waals surface area contributed by atoms with E-state index in [1.807, 2.05) is 24.3 Å². The third-order valence-corrected chi connectivity index (χ3v) is 5.04. The quantitative estimate of drug-likeness (QED) is 0.731. The lowest BCUT2D eigenvalue weighted by Crippen LogP contribution is -2.34. The van der Waals surface area contributed by atoms with Gasteiger partial charge in [-0.1, -0.05) is 25.5 Å². The average Bonchev–Trinajstić information content (AvgIpc) is 3.00. The van der Waals surface area contributed by atoms with Gasteiger partial charge in [0.05, 0.1) is 12.1 Å². The molecular formula is C23H27N3O3. The largest absolute Gasteiger partial charge is 0.373 e. The van der Waals surface area contributed by atoms with E-state index < -0.39 is 6.04 Å². The molecule has 1 N–H and O–H groups in total. The molecule has 1 heterocycles. The first-order valence-electron chi connectivity index (χ1n) is 9.94. The summed E-state index contributed by atoms with van der Waals surface area (Å²) in [5.41, 5.74) is 3.08. The highest BCUT2D eigenvalue weighted by molar-refractivity contribution is 6.23. The molecule has 1 aliphatic heterocycles. The Morgan fingerprint density at radius 3 is 2.31 bits per heavy atom. The van der Waals surface area contributed by atoms with Crippen molar-refractivity contribution in [1.82, 2.24) is 4.90 Å². The average molecular weight is 393 g/mol. The second-order valence-corrected chi connectivity index (χ2v) is 7.52. The second kappa shape index (κ2) is 8.90. The van der Waals surface area contributed by atoms with Gasteiger partial charge in [0.25, 0.3) is 11.8 Å². The molecule has 1 saturated heterocycles. The molecule has 2 aromatic carbocycles. The number of anilines is 2. The molecular weight excluding hydrogens is 366 g/mol. The molecule has 0 aromatic heterocycles. The normalized spacial score (nSPS) is 16.2. The third-order valence-electron chi connectivity index (χ3n) is 5.04. The molecule has 0 spiro atoms. The highest BCUT2D eigenvalue weighted by Crippen LogP contribution is 2.26. The molecule has 6 nitrogen and oxygen atoms in total. The van der Waals surface area contributed by atoms with E-state index in [0.29, 0.717) is 16.9 Å². The summed E-state index contributed by atoms with van der Waals surface area (Å²) in [6.45, 7) is 2.15. The number of rotatable bonds is 7. The van der Waals surface area contributed by atoms with Gasteiger partial charge in [0.1, 0.15) is 6.04 Å². The predicted octanol–water partition coefficient (Wildman–Crippen LogP) is 3.48. The predicted molar refractivity (Wildman–Crippen MR) is 114 cm³/mol. The summed E-state index contributed by atoms with van der Waals surface area (Å²) in [5, 5.41) is 3.12. The Morgan fingerprint density at radius 1 is 1.07 bits per heavy atom. The van der Waals surface area contributed by atoms with Gasteiger partial charge in [0, 0.05) is 25.3 Å². The number of hydrogen-bond donors (Lipinski definition) is 1. The van der Waals surface area contributed by atoms with Crippen LogP contribution in [0.3, 0.4) is 0 Å². The Balaban J connectivity index is 1.68. The summed E-state index contributed by atoms with van der Waals surface area (Å²) in [6.07, 6.45) is 3.35. The number of hydrogen-bond acceptors (Lipinski definition) is 4. The van der Waals surface area contributed by atoms with Crippen LogP contribution in [0.4, 0.5) is 11.4 Å². The maximum atomic E-state index is 12.8. The van der Waals surface area contributed by atoms with Gasteiger partial charge in [-0.25, -0.2) is 4.90 Å². The van der Waals surface area contributed by atoms with Crippen LogP contribution < -0.4 is 10.2 Å². The summed E-state index contributed by atoms with van der Waals surface area (Å²) in [6, 6.07) is 13.9. The molecule has 6 heteroatoms. The summed E-state index contributed by atoms with van der Waals surface area (Å²) in [5.74, 6) is -0.560. The number of nitrogens with one attached hydrogen (secondary N) is 1. The van der Waals surface area contributed by atoms with Gasteiger partial charge in [-0.2, -0.15) is 0 Å². The van der Waals surface area contributed by atoms with Crippen molar-refractivity contribution in [2.75, 3.05) is 24.3 Å². The van der Waals surface area contributed by atoms with E-state index in [4.69, 9.17) is 0 Å². The highest BCUT2D eigenvalue weighted by Gasteiger charge is 2.39. The molecule has 29 heavy (non-hydrogen) atoms. The number of imide groups is 1. The lowest BCUT2D eigenvalue weighted by molar-refractivity contribution is -0.121. The van der Waals surface area contributed by atoms with E-state index >= 15 is 0 Å². The van der Waals surface area contributed by atoms with Gasteiger partial charge in [0.15, 0.2) is 0 Å². The molecule has 1 atom stereocenters. The molecule has 0 radical (unpaired) electrons. The number of benzene rings is 2. The lowest BCUT2D eigenvalue weighted by atomic mass is 10.1. The first-order valence-corrected chi connectivity index (χ1v) is 9.94. The monoisotopic (exact) mass is 393 g/mol. The Hall–Kier alpha value is -3.15. The molecule has 3 rings (SSSR count). The summed E-state index contributed by atoms with van der Waals surface area (Å²) < 4.78 is 0. The molecule has 0 bridgehead atoms. The number of unbranched alkanes of at least 4 members (excludes halogenated alkanes) is 1. The fourth-order valence-electron chi connectivity index (χ4n) is 3.38. The van der Waals surface area contributed by atoms with E-state index in [0.717, 1.165) is 19.3 Å². The van der Waals surface area contributed by atoms with E-state index in [-0.39, 0.29) is 24.1 Å². The highest BCUT2D eigenvalue weighted by atomic mass is 16.2. The molecule has 2 aromatic rings. The van der Waals surface area contributed by atoms with Gasteiger partial charge >= 0.3 is 0 Å². The number of nitrogens with zero attached hydrogens (tertiary/aromatic N) is 2. The molecule has 1 fully saturated rings. The maximum Gasteiger partial charge on any atom is 0.256 e. The molecule has 1 aliphatic rings. The Morgan fingerprint density at radius 2 is 1.72 bits per heavy atom. The van der Waals surface area contributed by atoms with Gasteiger partial charge in [-0.3, -0.25) is 14.4 Å². The van der Waals surface area contributed by atoms with Crippen LogP contribution >= 0.6 is 0 Å².